The van der Waals surface area contributed by atoms with E-state index in [1.807, 2.05) is 4.90 Å². The topological polar surface area (TPSA) is 61.8 Å². The molecule has 2 fully saturated rings. The molecule has 6 aliphatic carbocycles. The van der Waals surface area contributed by atoms with Gasteiger partial charge in [-0.25, -0.2) is 4.79 Å². The van der Waals surface area contributed by atoms with Crippen molar-refractivity contribution in [3.8, 4) is 0 Å². The third-order valence-corrected chi connectivity index (χ3v) is 33.1. The predicted octanol–water partition coefficient (Wildman–Crippen LogP) is 24.1. The molecular weight excluding hydrogens is 1220 g/mol. The number of carbonyl (C=O) groups is 2. The van der Waals surface area contributed by atoms with Crippen LogP contribution in [0, 0.1) is 0 Å². The molecule has 3 amide bonds. The van der Waals surface area contributed by atoms with Crippen LogP contribution in [0.1, 0.15) is 136 Å². The number of nitrogens with zero attached hydrogens (tertiary/aromatic N) is 2. The molecule has 2 spiro atoms. The van der Waals surface area contributed by atoms with E-state index in [0.29, 0.717) is 6.42 Å². The van der Waals surface area contributed by atoms with Gasteiger partial charge in [-0.3, -0.25) is 14.7 Å². The highest BCUT2D eigenvalue weighted by Gasteiger charge is 2.83. The van der Waals surface area contributed by atoms with Crippen molar-refractivity contribution in [1.82, 2.24) is 10.2 Å². The van der Waals surface area contributed by atoms with Crippen molar-refractivity contribution in [2.45, 2.75) is 138 Å². The van der Waals surface area contributed by atoms with Gasteiger partial charge in [0.25, 0.3) is 5.91 Å². The van der Waals surface area contributed by atoms with Crippen LogP contribution < -0.4 is 5.32 Å². The van der Waals surface area contributed by atoms with Gasteiger partial charge < -0.3 is 5.32 Å². The lowest BCUT2D eigenvalue weighted by Crippen LogP contribution is -2.69. The highest BCUT2D eigenvalue weighted by Crippen LogP contribution is 2.87. The van der Waals surface area contributed by atoms with Gasteiger partial charge in [-0.15, -0.1) is 0 Å². The molecule has 5 heteroatoms. The largest absolute Gasteiger partial charge is 0.335 e. The molecule has 30 aromatic rings. The Kier molecular flexibility index (Phi) is 5.53. The molecule has 0 bridgehead atoms. The minimum atomic E-state index is -1.58. The van der Waals surface area contributed by atoms with E-state index >= 15 is 9.59 Å². The molecule has 0 unspecified atom stereocenters. The van der Waals surface area contributed by atoms with E-state index in [2.05, 4.69) is 66.8 Å². The summed E-state index contributed by atoms with van der Waals surface area (Å²) in [6, 6.07) is 20.8. The highest BCUT2D eigenvalue weighted by atomic mass is 16.2. The number of aliphatic imine (C=N–C) groups is 1. The van der Waals surface area contributed by atoms with E-state index in [1.165, 1.54) is 178 Å². The van der Waals surface area contributed by atoms with Crippen LogP contribution in [-0.2, 0) is 28.5 Å². The number of amides is 3. The van der Waals surface area contributed by atoms with Crippen LogP contribution in [0.5, 0.6) is 0 Å². The number of unbranched alkanes of at least 4 members (excludes halogenated alkanes) is 3. The molecule has 37 rings (SSSR count). The minimum Gasteiger partial charge on any atom is -0.335 e. The number of imide groups is 1. The minimum absolute atomic E-state index is 0.0226. The van der Waals surface area contributed by atoms with Gasteiger partial charge in [0.15, 0.2) is 5.54 Å². The molecule has 30 aromatic carbocycles. The number of hydrogen-bond acceptors (Lipinski definition) is 3. The van der Waals surface area contributed by atoms with Gasteiger partial charge in [-0.2, -0.15) is 0 Å². The maximum atomic E-state index is 19.5. The number of carbonyl (C=O) groups excluding carboxylic acids is 2. The quantitative estimate of drug-likeness (QED) is 0.104. The summed E-state index contributed by atoms with van der Waals surface area (Å²) < 4.78 is 0. The van der Waals surface area contributed by atoms with E-state index in [4.69, 9.17) is 4.99 Å². The molecular formula is C95H47N3O2. The second-order valence-electron chi connectivity index (χ2n) is 35.5. The Balaban J connectivity index is 0.880. The number of benzene rings is 20. The Hall–Kier alpha value is -10.5. The zero-order valence-corrected chi connectivity index (χ0v) is 54.4. The third kappa shape index (κ3) is 3.18. The average Bonchev–Trinajstić information content (AvgIpc) is 1.37. The zero-order valence-electron chi connectivity index (χ0n) is 54.4. The molecule has 1 heterocycles. The molecule has 454 valence electrons. The van der Waals surface area contributed by atoms with E-state index in [0.717, 1.165) is 81.0 Å². The summed E-state index contributed by atoms with van der Waals surface area (Å²) >= 11 is 0. The second-order valence-corrected chi connectivity index (χ2v) is 35.5. The van der Waals surface area contributed by atoms with E-state index < -0.39 is 16.4 Å². The van der Waals surface area contributed by atoms with Crippen molar-refractivity contribution in [3.05, 3.63) is 93.5 Å². The van der Waals surface area contributed by atoms with Crippen LogP contribution in [-0.4, -0.2) is 40.2 Å². The van der Waals surface area contributed by atoms with Gasteiger partial charge in [-0.05, 0) is 368 Å². The zero-order chi connectivity index (χ0) is 62.3. The Morgan fingerprint density at radius 1 is 0.370 bits per heavy atom. The lowest BCUT2D eigenvalue weighted by atomic mass is 9.42. The van der Waals surface area contributed by atoms with Crippen LogP contribution in [0.15, 0.2) is 59.6 Å². The second kappa shape index (κ2) is 12.2. The van der Waals surface area contributed by atoms with Crippen molar-refractivity contribution < 1.29 is 9.59 Å². The van der Waals surface area contributed by atoms with Crippen LogP contribution in [0.2, 0.25) is 0 Å². The molecule has 2 saturated carbocycles. The van der Waals surface area contributed by atoms with Gasteiger partial charge in [0.1, 0.15) is 0 Å². The molecule has 0 radical (unpaired) electrons. The Labute approximate surface area is 561 Å². The van der Waals surface area contributed by atoms with E-state index in [1.54, 1.807) is 172 Å². The van der Waals surface area contributed by atoms with Crippen molar-refractivity contribution in [2.24, 2.45) is 4.99 Å². The van der Waals surface area contributed by atoms with Gasteiger partial charge >= 0.3 is 6.03 Å². The fourth-order valence-electron chi connectivity index (χ4n) is 31.4. The maximum absolute atomic E-state index is 19.5. The fraction of sp³-hybridized carbons (Fsp3) is 0.232. The van der Waals surface area contributed by atoms with Crippen LogP contribution in [0.4, 0.5) is 4.79 Å². The first kappa shape index (κ1) is 45.2. The first-order valence-corrected chi connectivity index (χ1v) is 38.7. The summed E-state index contributed by atoms with van der Waals surface area (Å²) in [4.78, 5) is 45.6. The van der Waals surface area contributed by atoms with Gasteiger partial charge in [0.2, 0.25) is 0 Å². The van der Waals surface area contributed by atoms with Crippen LogP contribution in [0.25, 0.3) is 291 Å². The van der Waals surface area contributed by atoms with E-state index in [-0.39, 0.29) is 24.0 Å². The first-order chi connectivity index (χ1) is 49.6. The Bertz CT molecular complexity index is 8520. The molecule has 7 aliphatic rings. The lowest BCUT2D eigenvalue weighted by molar-refractivity contribution is -0.138. The van der Waals surface area contributed by atoms with Gasteiger partial charge in [-0.1, -0.05) is 119 Å². The van der Waals surface area contributed by atoms with Crippen molar-refractivity contribution in [2.75, 3.05) is 0 Å². The average molecular weight is 1260 g/mol. The van der Waals surface area contributed by atoms with Crippen LogP contribution in [0.3, 0.4) is 0 Å². The summed E-state index contributed by atoms with van der Waals surface area (Å²) in [6.07, 6.45) is 16.3. The standard InChI is InChI=1S/C95H47N3O2/c1-2-3-4-8-15-27-22-24-29(25-23-27)90-94-86-78-70-60-50-42-34-32-33-36-40-38(34)46-54-48(40)58-52-44(36)45-37(33)41-39-35(32)43(42)51-57-47(39)55-49(41)59-53(45)63-62(52)74-68(58)76-66(54)72(64(70)56(46)50)80(86)82(76)88-84(74)85-75(63)69(59)77-67(55)73-65(57)71(61(51)60)79(78)87(94)81(73)83(77)89(85)95(88,94)93(97-90,26-28-16-9-5-10-17-28)91(99)98(31-20-13-7-14-21-31)92(100)96-30-18-11-6-12-19-30/h5,9-10,16-17,22-25,30-31H,2-4,6-8,11-15,18-21,26H2,1H3,(H,96,100)/t93-,94?,95?/m0/s1. The molecule has 0 saturated heterocycles. The van der Waals surface area contributed by atoms with Crippen LogP contribution >= 0.6 is 0 Å². The SMILES string of the molecule is CCCCCCc1ccc(C2=N[C@@](Cc3ccccc3)(C(=O)N(C(=O)NC3CCCCC3)C3CCCCC3)C34c5c6c7c8c9c%10c(c%11c%12c3c3c5c5c%13c6c6c7c7c9c9c%14c%10c%10c%11c%11c%12c%12c3c3c5c5c%13c%13c6c6c7c9c7c9c%14c%10c%10c%11c%11c%12c3c3c5c5c%13c6c7c6c9c%10c%11c3c56)C284)cc1. The Morgan fingerprint density at radius 3 is 1.05 bits per heavy atom. The summed E-state index contributed by atoms with van der Waals surface area (Å²) in [6.45, 7) is 2.32. The molecule has 0 aromatic heterocycles. The fourth-order valence-corrected chi connectivity index (χ4v) is 31.4. The van der Waals surface area contributed by atoms with Crippen molar-refractivity contribution in [3.63, 3.8) is 0 Å². The monoisotopic (exact) mass is 1260 g/mol. The molecule has 1 N–H and O–H groups in total. The predicted molar refractivity (Wildman–Crippen MR) is 417 cm³/mol. The van der Waals surface area contributed by atoms with Crippen molar-refractivity contribution >= 4 is 309 Å². The number of rotatable bonds is 11. The normalized spacial score (nSPS) is 22.9. The highest BCUT2D eigenvalue weighted by molar-refractivity contribution is 6.82. The maximum Gasteiger partial charge on any atom is 0.324 e. The molecule has 1 atom stereocenters. The molecule has 1 aliphatic heterocycles. The number of urea groups is 1. The number of nitrogens with one attached hydrogen (secondary N) is 1. The third-order valence-electron chi connectivity index (χ3n) is 33.1. The first-order valence-electron chi connectivity index (χ1n) is 38.7. The smallest absolute Gasteiger partial charge is 0.324 e. The van der Waals surface area contributed by atoms with Crippen molar-refractivity contribution in [1.29, 1.82) is 0 Å². The van der Waals surface area contributed by atoms with E-state index in [9.17, 15) is 0 Å². The summed E-state index contributed by atoms with van der Waals surface area (Å²) in [5, 5.41) is 86.9. The molecule has 100 heavy (non-hydrogen) atoms. The lowest BCUT2D eigenvalue weighted by Gasteiger charge is -2.57. The number of hydrogen-bond donors (Lipinski definition) is 1. The summed E-state index contributed by atoms with van der Waals surface area (Å²) in [5.74, 6) is -0.0593. The number of aryl methyl sites for hydroxylation is 1. The Morgan fingerprint density at radius 2 is 0.700 bits per heavy atom. The molecule has 5 nitrogen and oxygen atoms in total. The summed E-state index contributed by atoms with van der Waals surface area (Å²) in [5.41, 5.74) is 6.75. The summed E-state index contributed by atoms with van der Waals surface area (Å²) in [7, 11) is 0. The van der Waals surface area contributed by atoms with Gasteiger partial charge in [0.05, 0.1) is 16.5 Å². The van der Waals surface area contributed by atoms with Gasteiger partial charge in [0, 0.05) is 18.5 Å².